The molecule has 0 amide bonds. The van der Waals surface area contributed by atoms with Crippen molar-refractivity contribution in [1.29, 1.82) is 0 Å². The van der Waals surface area contributed by atoms with Crippen molar-refractivity contribution < 1.29 is 9.53 Å². The molecule has 1 atom stereocenters. The standard InChI is InChI=1S/C20H17ClN4O3/c1-28-20(27)13-9-25(8-12-16(13)23-24-19(12)26)15-7-3-5-11-10-4-2-6-14(21)17(10)22-18(11)15/h2,4,6,8-9,15,22H,3,5,7H2,1H3,(H,24,26). The summed E-state index contributed by atoms with van der Waals surface area (Å²) in [7, 11) is 1.31. The lowest BCUT2D eigenvalue weighted by atomic mass is 9.91. The first kappa shape index (κ1) is 17.1. The molecule has 7 nitrogen and oxygen atoms in total. The van der Waals surface area contributed by atoms with E-state index in [1.807, 2.05) is 16.7 Å². The van der Waals surface area contributed by atoms with Crippen LogP contribution in [0.25, 0.3) is 22.2 Å². The summed E-state index contributed by atoms with van der Waals surface area (Å²) in [5.74, 6) is -0.526. The first-order chi connectivity index (χ1) is 13.6. The molecule has 28 heavy (non-hydrogen) atoms. The second-order valence-corrected chi connectivity index (χ2v) is 7.42. The molecule has 0 spiro atoms. The topological polar surface area (TPSA) is 92.8 Å². The molecule has 0 saturated carbocycles. The average molecular weight is 397 g/mol. The molecule has 1 aromatic heterocycles. The van der Waals surface area contributed by atoms with Crippen LogP contribution >= 0.6 is 11.6 Å². The minimum absolute atomic E-state index is 0.0469. The summed E-state index contributed by atoms with van der Waals surface area (Å²) in [6.45, 7) is 0. The summed E-state index contributed by atoms with van der Waals surface area (Å²) in [4.78, 5) is 28.0. The molecule has 1 aromatic carbocycles. The fraction of sp³-hybridized carbons (Fsp3) is 0.250. The van der Waals surface area contributed by atoms with E-state index in [0.717, 1.165) is 35.9 Å². The highest BCUT2D eigenvalue weighted by molar-refractivity contribution is 6.35. The van der Waals surface area contributed by atoms with Crippen LogP contribution in [-0.2, 0) is 11.2 Å². The summed E-state index contributed by atoms with van der Waals surface area (Å²) in [6.07, 6.45) is 6.28. The molecule has 142 valence electrons. The summed E-state index contributed by atoms with van der Waals surface area (Å²) >= 11 is 6.39. The Kier molecular flexibility index (Phi) is 3.80. The first-order valence-corrected chi connectivity index (χ1v) is 9.43. The van der Waals surface area contributed by atoms with Crippen molar-refractivity contribution in [1.82, 2.24) is 19.7 Å². The highest BCUT2D eigenvalue weighted by Gasteiger charge is 2.29. The van der Waals surface area contributed by atoms with E-state index in [1.165, 1.54) is 12.7 Å². The molecule has 1 aliphatic carbocycles. The highest BCUT2D eigenvalue weighted by atomic mass is 35.5. The molecule has 2 aromatic rings. The molecule has 0 fully saturated rings. The molecule has 8 heteroatoms. The number of aromatic nitrogens is 4. The Labute approximate surface area is 164 Å². The molecule has 1 unspecified atom stereocenters. The van der Waals surface area contributed by atoms with Gasteiger partial charge in [-0.05, 0) is 30.9 Å². The third kappa shape index (κ3) is 2.39. The van der Waals surface area contributed by atoms with Gasteiger partial charge in [0.25, 0.3) is 5.56 Å². The minimum Gasteiger partial charge on any atom is -0.465 e. The van der Waals surface area contributed by atoms with Crippen LogP contribution in [0.2, 0.25) is 5.02 Å². The van der Waals surface area contributed by atoms with Crippen molar-refractivity contribution in [3.8, 4) is 11.3 Å². The van der Waals surface area contributed by atoms with E-state index in [0.29, 0.717) is 16.3 Å². The number of pyridine rings is 1. The van der Waals surface area contributed by atoms with Crippen molar-refractivity contribution in [2.24, 2.45) is 0 Å². The van der Waals surface area contributed by atoms with Gasteiger partial charge < -0.3 is 14.3 Å². The van der Waals surface area contributed by atoms with Crippen LogP contribution in [0.15, 0.2) is 35.4 Å². The van der Waals surface area contributed by atoms with Crippen molar-refractivity contribution in [2.75, 3.05) is 7.11 Å². The third-order valence-corrected chi connectivity index (χ3v) is 5.82. The van der Waals surface area contributed by atoms with Gasteiger partial charge in [-0.1, -0.05) is 23.7 Å². The largest absolute Gasteiger partial charge is 0.465 e. The maximum absolute atomic E-state index is 12.3. The Bertz CT molecular complexity index is 1250. The summed E-state index contributed by atoms with van der Waals surface area (Å²) in [5, 5.41) is 8.21. The molecule has 0 bridgehead atoms. The van der Waals surface area contributed by atoms with E-state index in [4.69, 9.17) is 16.3 Å². The summed E-state index contributed by atoms with van der Waals surface area (Å²) < 4.78 is 6.81. The van der Waals surface area contributed by atoms with Gasteiger partial charge >= 0.3 is 5.97 Å². The lowest BCUT2D eigenvalue weighted by molar-refractivity contribution is 0.0600. The first-order valence-electron chi connectivity index (χ1n) is 9.05. The van der Waals surface area contributed by atoms with Gasteiger partial charge in [0.05, 0.1) is 29.3 Å². The number of para-hydroxylation sites is 1. The van der Waals surface area contributed by atoms with Gasteiger partial charge in [-0.15, -0.1) is 0 Å². The monoisotopic (exact) mass is 396 g/mol. The molecule has 3 aliphatic rings. The number of halogens is 1. The number of carbonyl (C=O) groups is 1. The fourth-order valence-corrected chi connectivity index (χ4v) is 4.44. The number of carbonyl (C=O) groups excluding carboxylic acids is 1. The number of ether oxygens (including phenoxy) is 1. The van der Waals surface area contributed by atoms with E-state index >= 15 is 0 Å². The van der Waals surface area contributed by atoms with Gasteiger partial charge in [-0.3, -0.25) is 4.79 Å². The lowest BCUT2D eigenvalue weighted by Gasteiger charge is -2.26. The van der Waals surface area contributed by atoms with Crippen LogP contribution in [0.4, 0.5) is 0 Å². The molecule has 0 radical (unpaired) electrons. The Hall–Kier alpha value is -3.06. The Morgan fingerprint density at radius 3 is 3.04 bits per heavy atom. The predicted molar refractivity (Wildman–Crippen MR) is 105 cm³/mol. The zero-order valence-corrected chi connectivity index (χ0v) is 15.8. The van der Waals surface area contributed by atoms with E-state index in [2.05, 4.69) is 21.2 Å². The minimum atomic E-state index is -0.526. The number of esters is 1. The van der Waals surface area contributed by atoms with Crippen molar-refractivity contribution >= 4 is 28.5 Å². The Morgan fingerprint density at radius 1 is 1.36 bits per heavy atom. The number of H-pyrrole nitrogens is 2. The zero-order valence-electron chi connectivity index (χ0n) is 15.1. The number of methoxy groups -OCH3 is 1. The number of hydrogen-bond donors (Lipinski definition) is 2. The smallest absolute Gasteiger partial charge is 0.341 e. The van der Waals surface area contributed by atoms with Crippen molar-refractivity contribution in [2.45, 2.75) is 25.3 Å². The van der Waals surface area contributed by atoms with Crippen LogP contribution < -0.4 is 5.56 Å². The quantitative estimate of drug-likeness (QED) is 0.507. The summed E-state index contributed by atoms with van der Waals surface area (Å²) in [5.41, 5.74) is 3.84. The molecule has 3 heterocycles. The van der Waals surface area contributed by atoms with Crippen molar-refractivity contribution in [3.05, 3.63) is 62.8 Å². The highest BCUT2D eigenvalue weighted by Crippen LogP contribution is 2.39. The molecule has 0 saturated heterocycles. The number of rotatable bonds is 2. The third-order valence-electron chi connectivity index (χ3n) is 5.51. The van der Waals surface area contributed by atoms with Gasteiger partial charge in [-0.2, -0.15) is 5.10 Å². The number of aryl methyl sites for hydroxylation is 1. The Balaban J connectivity index is 1.74. The number of aromatic amines is 2. The Morgan fingerprint density at radius 2 is 2.21 bits per heavy atom. The van der Waals surface area contributed by atoms with Crippen LogP contribution in [0.3, 0.4) is 0 Å². The lowest BCUT2D eigenvalue weighted by Crippen LogP contribution is -2.20. The number of nitrogens with zero attached hydrogens (tertiary/aromatic N) is 2. The molecular weight excluding hydrogens is 380 g/mol. The van der Waals surface area contributed by atoms with Gasteiger partial charge in [0.2, 0.25) is 0 Å². The molecular formula is C20H17ClN4O3. The number of nitrogens with one attached hydrogen (secondary N) is 2. The van der Waals surface area contributed by atoms with Crippen molar-refractivity contribution in [3.63, 3.8) is 0 Å². The van der Waals surface area contributed by atoms with Crippen LogP contribution in [0.1, 0.15) is 40.5 Å². The van der Waals surface area contributed by atoms with Gasteiger partial charge in [0, 0.05) is 23.5 Å². The number of hydrogen-bond acceptors (Lipinski definition) is 4. The maximum Gasteiger partial charge on any atom is 0.341 e. The van der Waals surface area contributed by atoms with E-state index in [1.54, 1.807) is 12.4 Å². The predicted octanol–water partition coefficient (Wildman–Crippen LogP) is 3.52. The molecule has 2 N–H and O–H groups in total. The number of benzene rings is 1. The normalized spacial score (nSPS) is 16.4. The summed E-state index contributed by atoms with van der Waals surface area (Å²) in [6, 6.07) is 5.84. The fourth-order valence-electron chi connectivity index (χ4n) is 4.22. The van der Waals surface area contributed by atoms with Crippen LogP contribution in [0.5, 0.6) is 0 Å². The van der Waals surface area contributed by atoms with Crippen LogP contribution in [-0.4, -0.2) is 32.8 Å². The van der Waals surface area contributed by atoms with Gasteiger partial charge in [-0.25, -0.2) is 9.89 Å². The van der Waals surface area contributed by atoms with E-state index in [-0.39, 0.29) is 17.2 Å². The van der Waals surface area contributed by atoms with Crippen LogP contribution in [0, 0.1) is 0 Å². The maximum atomic E-state index is 12.3. The van der Waals surface area contributed by atoms with Gasteiger partial charge in [0.1, 0.15) is 11.3 Å². The van der Waals surface area contributed by atoms with Gasteiger partial charge in [0.15, 0.2) is 0 Å². The average Bonchev–Trinajstić information content (AvgIpc) is 3.28. The molecule has 2 aliphatic heterocycles. The second kappa shape index (κ2) is 6.24. The SMILES string of the molecule is COC(=O)c1cn(C2CCCc3c2[nH]c2c(Cl)cccc32)cc2c(=O)[nH]nc1-2. The molecule has 5 rings (SSSR count). The van der Waals surface area contributed by atoms with E-state index in [9.17, 15) is 9.59 Å². The zero-order chi connectivity index (χ0) is 19.4. The number of fused-ring (bicyclic) bond motifs is 4. The van der Waals surface area contributed by atoms with E-state index < -0.39 is 5.97 Å². The second-order valence-electron chi connectivity index (χ2n) is 7.01.